The van der Waals surface area contributed by atoms with E-state index in [1.165, 1.54) is 43.7 Å². The third-order valence-electron chi connectivity index (χ3n) is 5.57. The number of benzene rings is 2. The van der Waals surface area contributed by atoms with E-state index in [1.54, 1.807) is 12.1 Å². The van der Waals surface area contributed by atoms with Gasteiger partial charge in [0.25, 0.3) is 5.69 Å². The molecule has 0 unspecified atom stereocenters. The first kappa shape index (κ1) is 26.3. The lowest BCUT2D eigenvalue weighted by molar-refractivity contribution is -0.387. The van der Waals surface area contributed by atoms with E-state index >= 15 is 0 Å². The number of hydrogen-bond donors (Lipinski definition) is 2. The Morgan fingerprint density at radius 3 is 2.43 bits per heavy atom. The number of aromatic amines is 1. The molecule has 12 heteroatoms. The van der Waals surface area contributed by atoms with Crippen molar-refractivity contribution in [2.75, 3.05) is 7.11 Å². The van der Waals surface area contributed by atoms with E-state index in [4.69, 9.17) is 16.3 Å². The molecule has 3 rings (SSSR count). The summed E-state index contributed by atoms with van der Waals surface area (Å²) in [6.45, 7) is 8.82. The number of carboxylic acids is 1. The molecule has 0 spiro atoms. The summed E-state index contributed by atoms with van der Waals surface area (Å²) in [5, 5.41) is 28.2. The van der Waals surface area contributed by atoms with E-state index in [0.29, 0.717) is 11.4 Å². The first-order valence-electron chi connectivity index (χ1n) is 10.4. The van der Waals surface area contributed by atoms with Crippen molar-refractivity contribution in [3.05, 3.63) is 67.1 Å². The van der Waals surface area contributed by atoms with Gasteiger partial charge in [-0.05, 0) is 60.4 Å². The van der Waals surface area contributed by atoms with Gasteiger partial charge in [-0.1, -0.05) is 38.4 Å². The second kappa shape index (κ2) is 9.38. The molecule has 2 N–H and O–H groups in total. The Balaban J connectivity index is 2.19. The van der Waals surface area contributed by atoms with Crippen LogP contribution in [-0.4, -0.2) is 37.9 Å². The van der Waals surface area contributed by atoms with Crippen LogP contribution in [0.3, 0.4) is 0 Å². The van der Waals surface area contributed by atoms with Crippen molar-refractivity contribution in [2.45, 2.75) is 55.5 Å². The van der Waals surface area contributed by atoms with Crippen LogP contribution in [0, 0.1) is 10.1 Å². The van der Waals surface area contributed by atoms with Crippen molar-refractivity contribution in [1.82, 2.24) is 14.8 Å². The zero-order valence-electron chi connectivity index (χ0n) is 20.0. The molecule has 0 radical (unpaired) electrons. The highest BCUT2D eigenvalue weighted by Gasteiger charge is 2.32. The first-order chi connectivity index (χ1) is 16.2. The van der Waals surface area contributed by atoms with E-state index in [9.17, 15) is 24.8 Å². The van der Waals surface area contributed by atoms with Crippen molar-refractivity contribution >= 4 is 35.0 Å². The Labute approximate surface area is 210 Å². The minimum absolute atomic E-state index is 0.148. The molecule has 0 aliphatic rings. The zero-order valence-corrected chi connectivity index (χ0v) is 21.6. The summed E-state index contributed by atoms with van der Waals surface area (Å²) in [6.07, 6.45) is 0. The summed E-state index contributed by atoms with van der Waals surface area (Å²) in [5.74, 6) is -0.669. The Morgan fingerprint density at radius 2 is 1.89 bits per heavy atom. The molecule has 0 atom stereocenters. The van der Waals surface area contributed by atoms with Gasteiger partial charge in [0.05, 0.1) is 33.1 Å². The Hall–Kier alpha value is -3.31. The average Bonchev–Trinajstić information content (AvgIpc) is 3.12. The lowest BCUT2D eigenvalue weighted by Gasteiger charge is -2.24. The first-order valence-corrected chi connectivity index (χ1v) is 11.6. The second-order valence-corrected chi connectivity index (χ2v) is 10.8. The van der Waals surface area contributed by atoms with E-state index < -0.39 is 27.4 Å². The van der Waals surface area contributed by atoms with Crippen LogP contribution in [0.4, 0.5) is 5.69 Å². The van der Waals surface area contributed by atoms with Gasteiger partial charge in [0.1, 0.15) is 5.75 Å². The van der Waals surface area contributed by atoms with Crippen LogP contribution in [0.2, 0.25) is 5.02 Å². The maximum Gasteiger partial charge on any atom is 0.348 e. The number of halogens is 1. The number of nitrogens with one attached hydrogen (secondary N) is 1. The van der Waals surface area contributed by atoms with Crippen molar-refractivity contribution in [2.24, 2.45) is 0 Å². The Kier molecular flexibility index (Phi) is 7.05. The summed E-state index contributed by atoms with van der Waals surface area (Å²) in [5.41, 5.74) is -1.12. The lowest BCUT2D eigenvalue weighted by Crippen LogP contribution is -2.28. The number of carbonyl (C=O) groups is 1. The number of aliphatic carboxylic acids is 1. The van der Waals surface area contributed by atoms with E-state index in [-0.39, 0.29) is 26.3 Å². The molecule has 0 aliphatic carbocycles. The van der Waals surface area contributed by atoms with Gasteiger partial charge >= 0.3 is 11.7 Å². The Bertz CT molecular complexity index is 1370. The molecule has 0 aliphatic heterocycles. The smallest absolute Gasteiger partial charge is 0.348 e. The predicted molar refractivity (Wildman–Crippen MR) is 132 cm³/mol. The monoisotopic (exact) mass is 520 g/mol. The molecule has 0 bridgehead atoms. The minimum atomic E-state index is -1.33. The third kappa shape index (κ3) is 5.06. The maximum absolute atomic E-state index is 12.8. The molecule has 10 nitrogen and oxygen atoms in total. The van der Waals surface area contributed by atoms with Gasteiger partial charge in [-0.25, -0.2) is 14.5 Å². The molecule has 1 heterocycles. The molecule has 186 valence electrons. The zero-order chi connectivity index (χ0) is 26.3. The molecule has 3 aromatic rings. The number of nitro benzene ring substituents is 1. The highest BCUT2D eigenvalue weighted by molar-refractivity contribution is 7.99. The van der Waals surface area contributed by atoms with Gasteiger partial charge in [0.15, 0.2) is 0 Å². The molecular weight excluding hydrogens is 496 g/mol. The maximum atomic E-state index is 12.8. The van der Waals surface area contributed by atoms with Gasteiger partial charge in [-0.3, -0.25) is 14.9 Å². The molecule has 1 aromatic heterocycles. The minimum Gasteiger partial charge on any atom is -0.495 e. The summed E-state index contributed by atoms with van der Waals surface area (Å²) in [4.78, 5) is 35.9. The molecule has 2 aromatic carbocycles. The lowest BCUT2D eigenvalue weighted by atomic mass is 9.84. The quantitative estimate of drug-likeness (QED) is 0.329. The van der Waals surface area contributed by atoms with E-state index in [1.807, 2.05) is 20.8 Å². The molecule has 0 amide bonds. The summed E-state index contributed by atoms with van der Waals surface area (Å²) in [7, 11) is 1.49. The second-order valence-electron chi connectivity index (χ2n) is 9.37. The van der Waals surface area contributed by atoms with Gasteiger partial charge in [-0.2, -0.15) is 0 Å². The van der Waals surface area contributed by atoms with E-state index in [2.05, 4.69) is 10.2 Å². The van der Waals surface area contributed by atoms with Crippen molar-refractivity contribution in [3.63, 3.8) is 0 Å². The van der Waals surface area contributed by atoms with Crippen LogP contribution in [0.25, 0.3) is 5.69 Å². The Morgan fingerprint density at radius 1 is 1.23 bits per heavy atom. The highest BCUT2D eigenvalue weighted by Crippen LogP contribution is 2.40. The molecule has 0 saturated carbocycles. The number of nitro groups is 1. The van der Waals surface area contributed by atoms with Crippen LogP contribution in [-0.2, 0) is 15.6 Å². The van der Waals surface area contributed by atoms with E-state index in [0.717, 1.165) is 17.3 Å². The van der Waals surface area contributed by atoms with Gasteiger partial charge < -0.3 is 9.84 Å². The predicted octanol–water partition coefficient (Wildman–Crippen LogP) is 4.94. The molecule has 0 fully saturated rings. The fourth-order valence-electron chi connectivity index (χ4n) is 3.41. The van der Waals surface area contributed by atoms with Crippen molar-refractivity contribution in [1.29, 1.82) is 0 Å². The highest BCUT2D eigenvalue weighted by atomic mass is 35.5. The van der Waals surface area contributed by atoms with Gasteiger partial charge in [0.2, 0.25) is 5.16 Å². The fraction of sp³-hybridized carbons (Fsp3) is 0.348. The van der Waals surface area contributed by atoms with Crippen LogP contribution < -0.4 is 10.4 Å². The van der Waals surface area contributed by atoms with Crippen LogP contribution in [0.15, 0.2) is 45.2 Å². The number of ether oxygens (including phenoxy) is 1. The molecule has 0 saturated heterocycles. The number of carboxylic acid groups (broad SMARTS) is 1. The summed E-state index contributed by atoms with van der Waals surface area (Å²) < 4.78 is 6.64. The topological polar surface area (TPSA) is 140 Å². The largest absolute Gasteiger partial charge is 0.495 e. The summed E-state index contributed by atoms with van der Waals surface area (Å²) in [6, 6.07) is 7.55. The normalized spacial score (nSPS) is 12.0. The molecular formula is C23H25ClN4O6S. The van der Waals surface area contributed by atoms with Crippen LogP contribution in [0.5, 0.6) is 5.75 Å². The average molecular weight is 521 g/mol. The van der Waals surface area contributed by atoms with Crippen molar-refractivity contribution < 1.29 is 19.6 Å². The third-order valence-corrected chi connectivity index (χ3v) is 6.89. The van der Waals surface area contributed by atoms with Crippen molar-refractivity contribution in [3.8, 4) is 11.4 Å². The fourth-order valence-corrected chi connectivity index (χ4v) is 4.58. The SMILES string of the molecule is COc1cc(C(C)(C)C)c(-n2c(Sc3ccc(C(C)(C)C(=O)O)cc3[N+](=O)[O-])n[nH]c2=O)cc1Cl. The van der Waals surface area contributed by atoms with Gasteiger partial charge in [0, 0.05) is 6.07 Å². The number of H-pyrrole nitrogens is 1. The van der Waals surface area contributed by atoms with Crippen LogP contribution in [0.1, 0.15) is 45.7 Å². The number of nitrogens with zero attached hydrogens (tertiary/aromatic N) is 3. The number of methoxy groups -OCH3 is 1. The molecule has 35 heavy (non-hydrogen) atoms. The number of hydrogen-bond acceptors (Lipinski definition) is 7. The summed E-state index contributed by atoms with van der Waals surface area (Å²) >= 11 is 7.28. The number of rotatable bonds is 7. The van der Waals surface area contributed by atoms with Crippen LogP contribution >= 0.6 is 23.4 Å². The standard InChI is InChI=1S/C23H25ClN4O6S/c1-22(2,3)13-10-17(34-6)14(24)11-15(13)27-20(31)25-26-21(27)35-18-8-7-12(9-16(18)28(32)33)23(4,5)19(29)30/h7-11H,1-6H3,(H,25,31)(H,29,30). The number of aromatic nitrogens is 3. The van der Waals surface area contributed by atoms with Gasteiger partial charge in [-0.15, -0.1) is 5.10 Å².